The maximum atomic E-state index is 14.3. The van der Waals surface area contributed by atoms with Gasteiger partial charge in [0.25, 0.3) is 5.92 Å². The van der Waals surface area contributed by atoms with Crippen LogP contribution in [0.25, 0.3) is 0 Å². The Labute approximate surface area is 118 Å². The molecule has 0 unspecified atom stereocenters. The van der Waals surface area contributed by atoms with E-state index in [4.69, 9.17) is 5.11 Å². The average Bonchev–Trinajstić information content (AvgIpc) is 2.45. The van der Waals surface area contributed by atoms with Crippen molar-refractivity contribution in [3.05, 3.63) is 34.9 Å². The lowest BCUT2D eigenvalue weighted by molar-refractivity contribution is -0.118. The summed E-state index contributed by atoms with van der Waals surface area (Å²) in [6.45, 7) is 5.18. The quantitative estimate of drug-likeness (QED) is 0.886. The number of benzene rings is 1. The molecule has 112 valence electrons. The van der Waals surface area contributed by atoms with Gasteiger partial charge in [0.05, 0.1) is 0 Å². The van der Waals surface area contributed by atoms with Crippen LogP contribution in [0, 0.1) is 13.8 Å². The summed E-state index contributed by atoms with van der Waals surface area (Å²) in [6, 6.07) is 4.42. The van der Waals surface area contributed by atoms with Crippen molar-refractivity contribution in [3.63, 3.8) is 0 Å². The van der Waals surface area contributed by atoms with Crippen molar-refractivity contribution in [2.75, 3.05) is 32.8 Å². The molecule has 1 aromatic carbocycles. The Kier molecular flexibility index (Phi) is 4.73. The van der Waals surface area contributed by atoms with Crippen molar-refractivity contribution in [3.8, 4) is 0 Å². The zero-order valence-corrected chi connectivity index (χ0v) is 12.0. The van der Waals surface area contributed by atoms with E-state index in [1.54, 1.807) is 17.0 Å². The Hall–Kier alpha value is -1.04. The lowest BCUT2D eigenvalue weighted by atomic mass is 9.92. The van der Waals surface area contributed by atoms with Crippen LogP contribution in [0.2, 0.25) is 0 Å². The number of alkyl halides is 2. The largest absolute Gasteiger partial charge is 0.390 e. The molecule has 1 aliphatic heterocycles. The predicted molar refractivity (Wildman–Crippen MR) is 75.1 cm³/mol. The summed E-state index contributed by atoms with van der Waals surface area (Å²) >= 11 is 0. The lowest BCUT2D eigenvalue weighted by Crippen LogP contribution is -2.51. The van der Waals surface area contributed by atoms with Gasteiger partial charge >= 0.3 is 0 Å². The minimum Gasteiger partial charge on any atom is -0.390 e. The number of aliphatic hydroxyl groups is 1. The fourth-order valence-electron chi connectivity index (χ4n) is 2.79. The van der Waals surface area contributed by atoms with Gasteiger partial charge in [0.2, 0.25) is 0 Å². The summed E-state index contributed by atoms with van der Waals surface area (Å²) < 4.78 is 28.6. The van der Waals surface area contributed by atoms with Crippen LogP contribution in [0.3, 0.4) is 0 Å². The Morgan fingerprint density at radius 1 is 1.30 bits per heavy atom. The van der Waals surface area contributed by atoms with Crippen LogP contribution in [0.5, 0.6) is 0 Å². The zero-order valence-electron chi connectivity index (χ0n) is 12.0. The lowest BCUT2D eigenvalue weighted by Gasteiger charge is -2.39. The van der Waals surface area contributed by atoms with E-state index < -0.39 is 18.6 Å². The van der Waals surface area contributed by atoms with Crippen LogP contribution in [0.1, 0.15) is 22.7 Å². The number of rotatable bonds is 4. The van der Waals surface area contributed by atoms with Crippen molar-refractivity contribution < 1.29 is 13.9 Å². The molecule has 1 saturated heterocycles. The normalized spacial score (nSPS) is 19.1. The molecule has 0 radical (unpaired) electrons. The third kappa shape index (κ3) is 3.00. The third-order valence-corrected chi connectivity index (χ3v) is 4.07. The number of halogens is 2. The molecule has 0 bridgehead atoms. The number of hydrogen-bond acceptors (Lipinski definition) is 3. The second-order valence-electron chi connectivity index (χ2n) is 5.40. The van der Waals surface area contributed by atoms with E-state index in [1.807, 2.05) is 19.9 Å². The number of hydrogen-bond donors (Lipinski definition) is 2. The van der Waals surface area contributed by atoms with Gasteiger partial charge in [0, 0.05) is 26.2 Å². The minimum atomic E-state index is -3.14. The summed E-state index contributed by atoms with van der Waals surface area (Å²) in [6.07, 6.45) is 0. The van der Waals surface area contributed by atoms with Gasteiger partial charge in [-0.05, 0) is 30.5 Å². The zero-order chi connectivity index (χ0) is 14.8. The van der Waals surface area contributed by atoms with E-state index in [-0.39, 0.29) is 0 Å². The van der Waals surface area contributed by atoms with Gasteiger partial charge in [-0.2, -0.15) is 0 Å². The van der Waals surface area contributed by atoms with Crippen LogP contribution in [-0.2, 0) is 0 Å². The molecule has 20 heavy (non-hydrogen) atoms. The summed E-state index contributed by atoms with van der Waals surface area (Å²) in [4.78, 5) is 1.77. The summed E-state index contributed by atoms with van der Waals surface area (Å²) in [5, 5.41) is 12.3. The molecule has 2 rings (SSSR count). The molecule has 0 saturated carbocycles. The second kappa shape index (κ2) is 6.16. The van der Waals surface area contributed by atoms with Gasteiger partial charge in [-0.15, -0.1) is 0 Å². The fourth-order valence-corrected chi connectivity index (χ4v) is 2.79. The molecule has 0 aromatic heterocycles. The molecule has 0 spiro atoms. The molecule has 1 aromatic rings. The Balaban J connectivity index is 2.42. The van der Waals surface area contributed by atoms with Gasteiger partial charge in [0.15, 0.2) is 0 Å². The highest BCUT2D eigenvalue weighted by molar-refractivity contribution is 5.36. The van der Waals surface area contributed by atoms with E-state index >= 15 is 0 Å². The molecule has 1 atom stereocenters. The van der Waals surface area contributed by atoms with Crippen LogP contribution >= 0.6 is 0 Å². The van der Waals surface area contributed by atoms with Crippen LogP contribution in [-0.4, -0.2) is 48.7 Å². The van der Waals surface area contributed by atoms with Crippen LogP contribution < -0.4 is 5.32 Å². The number of aliphatic hydroxyl groups excluding tert-OH is 1. The highest BCUT2D eigenvalue weighted by Gasteiger charge is 2.44. The minimum absolute atomic E-state index is 0.563. The van der Waals surface area contributed by atoms with Crippen molar-refractivity contribution >= 4 is 0 Å². The average molecular weight is 284 g/mol. The number of piperazine rings is 1. The molecule has 1 aliphatic rings. The van der Waals surface area contributed by atoms with Gasteiger partial charge < -0.3 is 10.4 Å². The molecule has 2 N–H and O–H groups in total. The van der Waals surface area contributed by atoms with E-state index in [9.17, 15) is 8.78 Å². The summed E-state index contributed by atoms with van der Waals surface area (Å²) in [7, 11) is 0. The third-order valence-electron chi connectivity index (χ3n) is 4.07. The number of nitrogens with one attached hydrogen (secondary N) is 1. The first-order valence-corrected chi connectivity index (χ1v) is 6.97. The number of aryl methyl sites for hydroxylation is 1. The van der Waals surface area contributed by atoms with Crippen LogP contribution in [0.15, 0.2) is 18.2 Å². The maximum Gasteiger partial charge on any atom is 0.289 e. The first kappa shape index (κ1) is 15.4. The Bertz CT molecular complexity index is 459. The molecule has 3 nitrogen and oxygen atoms in total. The molecule has 1 fully saturated rings. The smallest absolute Gasteiger partial charge is 0.289 e. The number of nitrogens with zero attached hydrogens (tertiary/aromatic N) is 1. The maximum absolute atomic E-state index is 14.3. The molecular weight excluding hydrogens is 262 g/mol. The van der Waals surface area contributed by atoms with Gasteiger partial charge in [-0.25, -0.2) is 8.78 Å². The first-order valence-electron chi connectivity index (χ1n) is 6.97. The van der Waals surface area contributed by atoms with Crippen molar-refractivity contribution in [2.45, 2.75) is 25.8 Å². The molecule has 0 aliphatic carbocycles. The van der Waals surface area contributed by atoms with E-state index in [0.29, 0.717) is 31.7 Å². The van der Waals surface area contributed by atoms with Gasteiger partial charge in [0.1, 0.15) is 12.6 Å². The second-order valence-corrected chi connectivity index (χ2v) is 5.40. The molecule has 5 heteroatoms. The Morgan fingerprint density at radius 3 is 2.55 bits per heavy atom. The standard InChI is InChI=1S/C15H22F2N2O/c1-11-4-3-5-13(12(11)2)14(15(16,17)10-20)19-8-6-18-7-9-19/h3-5,14,18,20H,6-10H2,1-2H3/t14-/m0/s1. The summed E-state index contributed by atoms with van der Waals surface area (Å²) in [5.74, 6) is -3.14. The highest BCUT2D eigenvalue weighted by Crippen LogP contribution is 2.38. The highest BCUT2D eigenvalue weighted by atomic mass is 19.3. The molecule has 1 heterocycles. The van der Waals surface area contributed by atoms with Crippen molar-refractivity contribution in [1.29, 1.82) is 0 Å². The molecule has 0 amide bonds. The monoisotopic (exact) mass is 284 g/mol. The van der Waals surface area contributed by atoms with Gasteiger partial charge in [-0.1, -0.05) is 18.2 Å². The van der Waals surface area contributed by atoms with E-state index in [1.165, 1.54) is 0 Å². The van der Waals surface area contributed by atoms with Crippen molar-refractivity contribution in [1.82, 2.24) is 10.2 Å². The fraction of sp³-hybridized carbons (Fsp3) is 0.600. The topological polar surface area (TPSA) is 35.5 Å². The molecular formula is C15H22F2N2O. The predicted octanol–water partition coefficient (Wildman–Crippen LogP) is 1.88. The van der Waals surface area contributed by atoms with Gasteiger partial charge in [-0.3, -0.25) is 4.90 Å². The SMILES string of the molecule is Cc1cccc([C@H](N2CCNCC2)C(F)(F)CO)c1C. The van der Waals surface area contributed by atoms with E-state index in [0.717, 1.165) is 11.1 Å². The summed E-state index contributed by atoms with van der Waals surface area (Å²) in [5.41, 5.74) is 2.49. The first-order chi connectivity index (χ1) is 9.47. The van der Waals surface area contributed by atoms with Crippen molar-refractivity contribution in [2.24, 2.45) is 0 Å². The Morgan fingerprint density at radius 2 is 1.95 bits per heavy atom. The van der Waals surface area contributed by atoms with Crippen LogP contribution in [0.4, 0.5) is 8.78 Å². The van der Waals surface area contributed by atoms with E-state index in [2.05, 4.69) is 5.32 Å².